The molecule has 1 aromatic carbocycles. The van der Waals surface area contributed by atoms with E-state index in [1.165, 1.54) is 0 Å². The van der Waals surface area contributed by atoms with Gasteiger partial charge in [-0.25, -0.2) is 0 Å². The summed E-state index contributed by atoms with van der Waals surface area (Å²) < 4.78 is 5.68. The Morgan fingerprint density at radius 2 is 1.96 bits per heavy atom. The van der Waals surface area contributed by atoms with E-state index in [1.54, 1.807) is 16.2 Å². The monoisotopic (exact) mass is 355 g/mol. The molecule has 0 aliphatic heterocycles. The third kappa shape index (κ3) is 4.09. The van der Waals surface area contributed by atoms with E-state index >= 15 is 0 Å². The van der Waals surface area contributed by atoms with Crippen LogP contribution in [0.15, 0.2) is 41.8 Å². The lowest BCUT2D eigenvalue weighted by molar-refractivity contribution is -0.120. The number of H-pyrrole nitrogens is 1. The van der Waals surface area contributed by atoms with Crippen molar-refractivity contribution in [2.75, 3.05) is 11.5 Å². The van der Waals surface area contributed by atoms with Crippen LogP contribution >= 0.6 is 11.3 Å². The van der Waals surface area contributed by atoms with Crippen molar-refractivity contribution < 1.29 is 9.53 Å². The number of nitrogens with one attached hydrogen (secondary N) is 1. The van der Waals surface area contributed by atoms with Gasteiger partial charge in [0.2, 0.25) is 0 Å². The van der Waals surface area contributed by atoms with Gasteiger partial charge in [-0.2, -0.15) is 5.10 Å². The Labute approximate surface area is 151 Å². The van der Waals surface area contributed by atoms with Crippen LogP contribution in [0.3, 0.4) is 0 Å². The molecule has 0 saturated carbocycles. The molecule has 1 N–H and O–H groups in total. The maximum atomic E-state index is 12.9. The van der Waals surface area contributed by atoms with Crippen molar-refractivity contribution in [2.45, 2.75) is 27.3 Å². The number of ether oxygens (including phenoxy) is 1. The van der Waals surface area contributed by atoms with Crippen LogP contribution in [0, 0.1) is 20.8 Å². The van der Waals surface area contributed by atoms with E-state index in [0.29, 0.717) is 12.3 Å². The molecule has 2 heterocycles. The van der Waals surface area contributed by atoms with Crippen molar-refractivity contribution in [3.8, 4) is 5.75 Å². The number of hydrogen-bond acceptors (Lipinski definition) is 4. The lowest BCUT2D eigenvalue weighted by Gasteiger charge is -2.22. The summed E-state index contributed by atoms with van der Waals surface area (Å²) in [6.45, 7) is 6.33. The highest BCUT2D eigenvalue weighted by molar-refractivity contribution is 7.09. The first kappa shape index (κ1) is 17.2. The Kier molecular flexibility index (Phi) is 5.19. The molecular weight excluding hydrogens is 334 g/mol. The first-order valence-electron chi connectivity index (χ1n) is 8.08. The molecule has 3 aromatic rings. The second-order valence-corrected chi connectivity index (χ2v) is 6.98. The van der Waals surface area contributed by atoms with Gasteiger partial charge in [0.15, 0.2) is 6.61 Å². The molecule has 0 saturated heterocycles. The molecule has 0 atom stereocenters. The molecule has 3 rings (SSSR count). The highest BCUT2D eigenvalue weighted by Gasteiger charge is 2.22. The molecule has 0 spiro atoms. The fraction of sp³-hybridized carbons (Fsp3) is 0.263. The van der Waals surface area contributed by atoms with E-state index in [9.17, 15) is 4.79 Å². The molecular formula is C19H21N3O2S. The molecule has 6 heteroatoms. The number of anilines is 1. The highest BCUT2D eigenvalue weighted by atomic mass is 32.1. The largest absolute Gasteiger partial charge is 0.484 e. The number of carbonyl (C=O) groups is 1. The van der Waals surface area contributed by atoms with Crippen LogP contribution in [-0.2, 0) is 11.3 Å². The topological polar surface area (TPSA) is 58.2 Å². The first-order chi connectivity index (χ1) is 12.0. The second kappa shape index (κ2) is 7.53. The van der Waals surface area contributed by atoms with E-state index in [1.807, 2.05) is 62.5 Å². The van der Waals surface area contributed by atoms with Crippen LogP contribution in [-0.4, -0.2) is 22.7 Å². The summed E-state index contributed by atoms with van der Waals surface area (Å²) in [4.78, 5) is 15.7. The Hall–Kier alpha value is -2.60. The number of carbonyl (C=O) groups excluding carboxylic acids is 1. The summed E-state index contributed by atoms with van der Waals surface area (Å²) in [6, 6.07) is 11.7. The normalized spacial score (nSPS) is 10.7. The fourth-order valence-electron chi connectivity index (χ4n) is 2.65. The Bertz CT molecular complexity index is 819. The van der Waals surface area contributed by atoms with Gasteiger partial charge in [0, 0.05) is 4.88 Å². The van der Waals surface area contributed by atoms with Gasteiger partial charge in [0.25, 0.3) is 5.91 Å². The molecule has 0 bridgehead atoms. The molecule has 25 heavy (non-hydrogen) atoms. The number of rotatable bonds is 6. The van der Waals surface area contributed by atoms with Crippen LogP contribution in [0.25, 0.3) is 0 Å². The number of nitrogens with zero attached hydrogens (tertiary/aromatic N) is 2. The number of benzene rings is 1. The Morgan fingerprint density at radius 3 is 2.56 bits per heavy atom. The van der Waals surface area contributed by atoms with Gasteiger partial charge >= 0.3 is 0 Å². The number of aromatic nitrogens is 2. The van der Waals surface area contributed by atoms with Crippen molar-refractivity contribution in [1.82, 2.24) is 10.2 Å². The van der Waals surface area contributed by atoms with E-state index in [4.69, 9.17) is 4.74 Å². The molecule has 0 radical (unpaired) electrons. The van der Waals surface area contributed by atoms with Crippen LogP contribution < -0.4 is 9.64 Å². The third-order valence-electron chi connectivity index (χ3n) is 3.94. The average molecular weight is 355 g/mol. The molecule has 1 amide bonds. The summed E-state index contributed by atoms with van der Waals surface area (Å²) in [6.07, 6.45) is 0. The minimum Gasteiger partial charge on any atom is -0.484 e. The number of thiophene rings is 1. The Balaban J connectivity index is 1.78. The fourth-order valence-corrected chi connectivity index (χ4v) is 3.34. The maximum absolute atomic E-state index is 12.9. The summed E-state index contributed by atoms with van der Waals surface area (Å²) in [5, 5.41) is 9.18. The van der Waals surface area contributed by atoms with Crippen LogP contribution in [0.2, 0.25) is 0 Å². The average Bonchev–Trinajstić information content (AvgIpc) is 3.22. The standard InChI is InChI=1S/C19H21N3O2S/c1-13-6-8-16(9-7-13)24-12-18(23)22(11-17-5-4-10-25-17)19-14(2)20-21-15(19)3/h4-10H,11-12H2,1-3H3,(H,20,21). The van der Waals surface area contributed by atoms with Crippen molar-refractivity contribution in [2.24, 2.45) is 0 Å². The third-order valence-corrected chi connectivity index (χ3v) is 4.80. The summed E-state index contributed by atoms with van der Waals surface area (Å²) in [5.41, 5.74) is 3.66. The van der Waals surface area contributed by atoms with Crippen molar-refractivity contribution in [1.29, 1.82) is 0 Å². The maximum Gasteiger partial charge on any atom is 0.265 e. The molecule has 130 valence electrons. The number of hydrogen-bond donors (Lipinski definition) is 1. The van der Waals surface area contributed by atoms with Gasteiger partial charge in [-0.05, 0) is 44.4 Å². The summed E-state index contributed by atoms with van der Waals surface area (Å²) in [5.74, 6) is 0.595. The predicted molar refractivity (Wildman–Crippen MR) is 100 cm³/mol. The number of aromatic amines is 1. The second-order valence-electron chi connectivity index (χ2n) is 5.94. The molecule has 2 aromatic heterocycles. The zero-order valence-corrected chi connectivity index (χ0v) is 15.4. The summed E-state index contributed by atoms with van der Waals surface area (Å²) >= 11 is 1.63. The van der Waals surface area contributed by atoms with Crippen molar-refractivity contribution >= 4 is 22.9 Å². The molecule has 0 aliphatic rings. The zero-order valence-electron chi connectivity index (χ0n) is 14.6. The van der Waals surface area contributed by atoms with Gasteiger partial charge in [-0.3, -0.25) is 9.89 Å². The lowest BCUT2D eigenvalue weighted by Crippen LogP contribution is -2.35. The zero-order chi connectivity index (χ0) is 17.8. The molecule has 0 unspecified atom stereocenters. The lowest BCUT2D eigenvalue weighted by atomic mass is 10.2. The van der Waals surface area contributed by atoms with Crippen molar-refractivity contribution in [3.05, 3.63) is 63.6 Å². The van der Waals surface area contributed by atoms with Gasteiger partial charge < -0.3 is 9.64 Å². The minimum absolute atomic E-state index is 0.0154. The van der Waals surface area contributed by atoms with Crippen LogP contribution in [0.5, 0.6) is 5.75 Å². The molecule has 5 nitrogen and oxygen atoms in total. The summed E-state index contributed by atoms with van der Waals surface area (Å²) in [7, 11) is 0. The quantitative estimate of drug-likeness (QED) is 0.727. The van der Waals surface area contributed by atoms with E-state index in [0.717, 1.165) is 27.5 Å². The molecule has 0 aliphatic carbocycles. The van der Waals surface area contributed by atoms with Gasteiger partial charge in [-0.1, -0.05) is 23.8 Å². The SMILES string of the molecule is Cc1ccc(OCC(=O)N(Cc2cccs2)c2c(C)n[nH]c2C)cc1. The molecule has 0 fully saturated rings. The first-order valence-corrected chi connectivity index (χ1v) is 8.96. The van der Waals surface area contributed by atoms with Crippen molar-refractivity contribution in [3.63, 3.8) is 0 Å². The van der Waals surface area contributed by atoms with Crippen LogP contribution in [0.4, 0.5) is 5.69 Å². The number of amides is 1. The van der Waals surface area contributed by atoms with E-state index in [2.05, 4.69) is 10.2 Å². The number of aryl methyl sites for hydroxylation is 3. The van der Waals surface area contributed by atoms with E-state index in [-0.39, 0.29) is 12.5 Å². The highest BCUT2D eigenvalue weighted by Crippen LogP contribution is 2.26. The van der Waals surface area contributed by atoms with Gasteiger partial charge in [0.1, 0.15) is 5.75 Å². The Morgan fingerprint density at radius 1 is 1.20 bits per heavy atom. The predicted octanol–water partition coefficient (Wildman–Crippen LogP) is 4.01. The van der Waals surface area contributed by atoms with Gasteiger partial charge in [0.05, 0.1) is 23.6 Å². The van der Waals surface area contributed by atoms with Gasteiger partial charge in [-0.15, -0.1) is 11.3 Å². The van der Waals surface area contributed by atoms with E-state index < -0.39 is 0 Å². The smallest absolute Gasteiger partial charge is 0.265 e. The minimum atomic E-state index is -0.0958. The van der Waals surface area contributed by atoms with Crippen LogP contribution in [0.1, 0.15) is 21.8 Å².